The molecule has 0 aromatic heterocycles. The van der Waals surface area contributed by atoms with E-state index in [2.05, 4.69) is 5.32 Å². The highest BCUT2D eigenvalue weighted by atomic mass is 19.1. The Morgan fingerprint density at radius 3 is 2.59 bits per heavy atom. The molecule has 2 unspecified atom stereocenters. The molecule has 22 heavy (non-hydrogen) atoms. The second kappa shape index (κ2) is 6.10. The van der Waals surface area contributed by atoms with Gasteiger partial charge in [0.15, 0.2) is 0 Å². The molecule has 0 spiro atoms. The van der Waals surface area contributed by atoms with Crippen LogP contribution >= 0.6 is 0 Å². The van der Waals surface area contributed by atoms with E-state index < -0.39 is 17.7 Å². The Bertz CT molecular complexity index is 669. The lowest BCUT2D eigenvalue weighted by Gasteiger charge is -2.18. The van der Waals surface area contributed by atoms with Crippen molar-refractivity contribution < 1.29 is 18.3 Å². The van der Waals surface area contributed by atoms with Crippen LogP contribution in [0.2, 0.25) is 0 Å². The lowest BCUT2D eigenvalue weighted by atomic mass is 10.1. The summed E-state index contributed by atoms with van der Waals surface area (Å²) < 4.78 is 40.6. The molecule has 2 N–H and O–H groups in total. The van der Waals surface area contributed by atoms with Gasteiger partial charge in [0.25, 0.3) is 0 Å². The summed E-state index contributed by atoms with van der Waals surface area (Å²) in [6.45, 7) is -0.00151. The number of fused-ring (bicyclic) bond motifs is 1. The molecular weight excluding hydrogens is 291 g/mol. The van der Waals surface area contributed by atoms with Gasteiger partial charge in [0.05, 0.1) is 11.7 Å². The van der Waals surface area contributed by atoms with E-state index in [-0.39, 0.29) is 24.0 Å². The van der Waals surface area contributed by atoms with Gasteiger partial charge in [-0.2, -0.15) is 0 Å². The number of hydrogen-bond donors (Lipinski definition) is 2. The fourth-order valence-electron chi connectivity index (χ4n) is 2.97. The molecule has 0 bridgehead atoms. The molecule has 2 aromatic rings. The number of halogens is 3. The van der Waals surface area contributed by atoms with Crippen LogP contribution in [-0.2, 0) is 6.42 Å². The summed E-state index contributed by atoms with van der Waals surface area (Å²) in [5.74, 6) is -1.85. The van der Waals surface area contributed by atoms with E-state index in [9.17, 15) is 18.3 Å². The van der Waals surface area contributed by atoms with Crippen LogP contribution in [0.15, 0.2) is 36.4 Å². The standard InChI is InChI=1S/C17H16F3NO/c18-11-6-4-10-5-7-15(12(10)8-11)21-9-16(22)17-13(19)2-1-3-14(17)20/h1-4,6,8,15-16,21-22H,5,7,9H2. The molecule has 0 radical (unpaired) electrons. The fraction of sp³-hybridized carbons (Fsp3) is 0.294. The van der Waals surface area contributed by atoms with Gasteiger partial charge in [-0.1, -0.05) is 12.1 Å². The van der Waals surface area contributed by atoms with Crippen molar-refractivity contribution in [3.63, 3.8) is 0 Å². The van der Waals surface area contributed by atoms with Gasteiger partial charge in [-0.05, 0) is 48.2 Å². The number of nitrogens with one attached hydrogen (secondary N) is 1. The molecule has 0 aliphatic heterocycles. The minimum absolute atomic E-state index is 0.00151. The zero-order chi connectivity index (χ0) is 15.7. The second-order valence-corrected chi connectivity index (χ2v) is 5.49. The number of benzene rings is 2. The highest BCUT2D eigenvalue weighted by molar-refractivity contribution is 5.35. The van der Waals surface area contributed by atoms with Crippen molar-refractivity contribution in [1.82, 2.24) is 5.32 Å². The Hall–Kier alpha value is -1.85. The first kappa shape index (κ1) is 15.1. The third-order valence-electron chi connectivity index (χ3n) is 4.08. The van der Waals surface area contributed by atoms with Gasteiger partial charge < -0.3 is 10.4 Å². The quantitative estimate of drug-likeness (QED) is 0.907. The molecule has 0 saturated heterocycles. The molecule has 116 valence electrons. The van der Waals surface area contributed by atoms with Crippen LogP contribution < -0.4 is 5.32 Å². The predicted octanol–water partition coefficient (Wildman–Crippen LogP) is 3.41. The summed E-state index contributed by atoms with van der Waals surface area (Å²) in [4.78, 5) is 0. The molecule has 3 rings (SSSR count). The van der Waals surface area contributed by atoms with Crippen molar-refractivity contribution >= 4 is 0 Å². The second-order valence-electron chi connectivity index (χ2n) is 5.49. The van der Waals surface area contributed by atoms with E-state index in [0.717, 1.165) is 36.1 Å². The molecule has 5 heteroatoms. The predicted molar refractivity (Wildman–Crippen MR) is 76.8 cm³/mol. The van der Waals surface area contributed by atoms with E-state index in [1.165, 1.54) is 18.2 Å². The van der Waals surface area contributed by atoms with Gasteiger partial charge in [0.1, 0.15) is 17.5 Å². The molecule has 2 nitrogen and oxygen atoms in total. The van der Waals surface area contributed by atoms with Crippen LogP contribution in [0.1, 0.15) is 35.3 Å². The highest BCUT2D eigenvalue weighted by Gasteiger charge is 2.24. The van der Waals surface area contributed by atoms with Crippen molar-refractivity contribution in [3.8, 4) is 0 Å². The molecule has 0 saturated carbocycles. The summed E-state index contributed by atoms with van der Waals surface area (Å²) in [6, 6.07) is 8.00. The minimum Gasteiger partial charge on any atom is -0.387 e. The average molecular weight is 307 g/mol. The van der Waals surface area contributed by atoms with Crippen molar-refractivity contribution in [2.24, 2.45) is 0 Å². The van der Waals surface area contributed by atoms with Crippen LogP contribution in [0.5, 0.6) is 0 Å². The summed E-state index contributed by atoms with van der Waals surface area (Å²) in [6.07, 6.45) is 0.293. The maximum atomic E-state index is 13.6. The van der Waals surface area contributed by atoms with Gasteiger partial charge in [-0.25, -0.2) is 13.2 Å². The molecule has 0 fully saturated rings. The van der Waals surface area contributed by atoms with Crippen LogP contribution in [0.25, 0.3) is 0 Å². The molecule has 0 amide bonds. The molecule has 2 atom stereocenters. The Morgan fingerprint density at radius 1 is 1.14 bits per heavy atom. The van der Waals surface area contributed by atoms with E-state index in [1.54, 1.807) is 6.07 Å². The van der Waals surface area contributed by atoms with Gasteiger partial charge in [-0.15, -0.1) is 0 Å². The lowest BCUT2D eigenvalue weighted by Crippen LogP contribution is -2.26. The molecular formula is C17H16F3NO. The minimum atomic E-state index is -1.29. The van der Waals surface area contributed by atoms with E-state index in [0.29, 0.717) is 0 Å². The first-order valence-electron chi connectivity index (χ1n) is 7.20. The normalized spacial score (nSPS) is 18.3. The average Bonchev–Trinajstić information content (AvgIpc) is 2.87. The number of aliphatic hydroxyl groups excluding tert-OH is 1. The molecule has 1 aliphatic carbocycles. The number of rotatable bonds is 4. The van der Waals surface area contributed by atoms with Gasteiger partial charge >= 0.3 is 0 Å². The third-order valence-corrected chi connectivity index (χ3v) is 4.08. The van der Waals surface area contributed by atoms with E-state index in [4.69, 9.17) is 0 Å². The van der Waals surface area contributed by atoms with Gasteiger partial charge in [0.2, 0.25) is 0 Å². The van der Waals surface area contributed by atoms with Crippen molar-refractivity contribution in [3.05, 3.63) is 70.5 Å². The van der Waals surface area contributed by atoms with Crippen molar-refractivity contribution in [2.45, 2.75) is 25.0 Å². The van der Waals surface area contributed by atoms with Crippen LogP contribution in [0, 0.1) is 17.5 Å². The van der Waals surface area contributed by atoms with Crippen LogP contribution in [-0.4, -0.2) is 11.7 Å². The van der Waals surface area contributed by atoms with Gasteiger partial charge in [-0.3, -0.25) is 0 Å². The maximum Gasteiger partial charge on any atom is 0.131 e. The van der Waals surface area contributed by atoms with E-state index in [1.807, 2.05) is 0 Å². The number of aryl methyl sites for hydroxylation is 1. The van der Waals surface area contributed by atoms with Crippen molar-refractivity contribution in [1.29, 1.82) is 0 Å². The smallest absolute Gasteiger partial charge is 0.131 e. The molecule has 1 aliphatic rings. The highest BCUT2D eigenvalue weighted by Crippen LogP contribution is 2.32. The molecule has 0 heterocycles. The summed E-state index contributed by atoms with van der Waals surface area (Å²) in [5.41, 5.74) is 1.57. The Labute approximate surface area is 126 Å². The number of hydrogen-bond acceptors (Lipinski definition) is 2. The first-order valence-corrected chi connectivity index (χ1v) is 7.20. The van der Waals surface area contributed by atoms with Crippen LogP contribution in [0.4, 0.5) is 13.2 Å². The zero-order valence-electron chi connectivity index (χ0n) is 11.8. The SMILES string of the molecule is OC(CNC1CCc2ccc(F)cc21)c1c(F)cccc1F. The lowest BCUT2D eigenvalue weighted by molar-refractivity contribution is 0.160. The topological polar surface area (TPSA) is 32.3 Å². The Morgan fingerprint density at radius 2 is 1.86 bits per heavy atom. The Kier molecular flexibility index (Phi) is 4.18. The largest absolute Gasteiger partial charge is 0.387 e. The Balaban J connectivity index is 1.71. The van der Waals surface area contributed by atoms with Gasteiger partial charge in [0, 0.05) is 12.6 Å². The fourth-order valence-corrected chi connectivity index (χ4v) is 2.97. The summed E-state index contributed by atoms with van der Waals surface area (Å²) in [5, 5.41) is 13.1. The third kappa shape index (κ3) is 2.87. The zero-order valence-corrected chi connectivity index (χ0v) is 11.8. The van der Waals surface area contributed by atoms with Crippen molar-refractivity contribution in [2.75, 3.05) is 6.54 Å². The maximum absolute atomic E-state index is 13.6. The summed E-state index contributed by atoms with van der Waals surface area (Å²) >= 11 is 0. The first-order chi connectivity index (χ1) is 10.6. The van der Waals surface area contributed by atoms with E-state index >= 15 is 0 Å². The summed E-state index contributed by atoms with van der Waals surface area (Å²) in [7, 11) is 0. The monoisotopic (exact) mass is 307 g/mol. The molecule has 2 aromatic carbocycles. The number of aliphatic hydroxyl groups is 1. The van der Waals surface area contributed by atoms with Crippen LogP contribution in [0.3, 0.4) is 0 Å².